The molecule has 3 aromatic heterocycles. The Balaban J connectivity index is 1.33. The lowest BCUT2D eigenvalue weighted by molar-refractivity contribution is 0.590. The molecule has 0 amide bonds. The average Bonchev–Trinajstić information content (AvgIpc) is 3.78. The Morgan fingerprint density at radius 3 is 0.814 bits per heavy atom. The Morgan fingerprint density at radius 2 is 0.576 bits per heavy atom. The minimum absolute atomic E-state index is 0.0353. The Labute approximate surface area is 351 Å². The van der Waals surface area contributed by atoms with Crippen LogP contribution in [0.15, 0.2) is 89.3 Å². The molecule has 0 unspecified atom stereocenters. The lowest BCUT2D eigenvalue weighted by atomic mass is 9.83. The standard InChI is InChI=1S/C56H62N2O/c1-31-21-35(53(5,6)7)25-43-44-26-36(54(8,9)10)22-32(2)50(44)57(49(31)43)39-17-19-47-41(29-39)42-30-40(18-20-48(42)59-47)58-51-33(3)23-37(55(11,12)13)27-45(51)46-28-38(56(14,15)16)24-34(4)52(46)58/h17-30H,1-16H3. The highest BCUT2D eigenvalue weighted by Crippen LogP contribution is 2.44. The summed E-state index contributed by atoms with van der Waals surface area (Å²) in [6.07, 6.45) is 0. The summed E-state index contributed by atoms with van der Waals surface area (Å²) in [6, 6.07) is 33.0. The SMILES string of the molecule is Cc1cc(C(C)(C)C)cc2c3cc(C(C)(C)C)cc(C)c3n(-c3ccc4oc5ccc(-n6c7c(C)cc(C(C)(C)C)cc7c7cc(C(C)(C)C)cc(C)c76)cc5c4c3)c12. The molecule has 0 bridgehead atoms. The molecule has 59 heavy (non-hydrogen) atoms. The van der Waals surface area contributed by atoms with Crippen molar-refractivity contribution in [1.82, 2.24) is 9.13 Å². The first-order valence-corrected chi connectivity index (χ1v) is 21.6. The van der Waals surface area contributed by atoms with Crippen molar-refractivity contribution in [1.29, 1.82) is 0 Å². The maximum atomic E-state index is 6.64. The van der Waals surface area contributed by atoms with Crippen LogP contribution < -0.4 is 0 Å². The van der Waals surface area contributed by atoms with Crippen LogP contribution in [-0.4, -0.2) is 9.13 Å². The summed E-state index contributed by atoms with van der Waals surface area (Å²) in [6.45, 7) is 37.0. The van der Waals surface area contributed by atoms with Crippen LogP contribution in [0.3, 0.4) is 0 Å². The molecule has 0 aliphatic heterocycles. The molecule has 0 radical (unpaired) electrons. The van der Waals surface area contributed by atoms with Gasteiger partial charge in [-0.25, -0.2) is 0 Å². The summed E-state index contributed by atoms with van der Waals surface area (Å²) in [5, 5.41) is 7.53. The number of rotatable bonds is 2. The van der Waals surface area contributed by atoms with E-state index in [0.717, 1.165) is 33.3 Å². The van der Waals surface area contributed by atoms with Gasteiger partial charge in [-0.1, -0.05) is 107 Å². The second-order valence-corrected chi connectivity index (χ2v) is 21.9. The van der Waals surface area contributed by atoms with Gasteiger partial charge in [-0.05, 0) is 155 Å². The van der Waals surface area contributed by atoms with Crippen molar-refractivity contribution in [2.45, 2.75) is 132 Å². The van der Waals surface area contributed by atoms with Gasteiger partial charge in [0, 0.05) is 43.7 Å². The molecule has 9 aromatic rings. The van der Waals surface area contributed by atoms with E-state index in [0.29, 0.717) is 0 Å². The Hall–Kier alpha value is -5.28. The van der Waals surface area contributed by atoms with Crippen molar-refractivity contribution in [3.8, 4) is 11.4 Å². The van der Waals surface area contributed by atoms with Crippen LogP contribution in [0.4, 0.5) is 0 Å². The van der Waals surface area contributed by atoms with Crippen molar-refractivity contribution in [2.24, 2.45) is 0 Å². The molecule has 0 aliphatic carbocycles. The minimum Gasteiger partial charge on any atom is -0.456 e. The second-order valence-electron chi connectivity index (χ2n) is 21.9. The third-order valence-corrected chi connectivity index (χ3v) is 13.1. The Morgan fingerprint density at radius 1 is 0.322 bits per heavy atom. The quantitative estimate of drug-likeness (QED) is 0.171. The van der Waals surface area contributed by atoms with Crippen LogP contribution in [0.5, 0.6) is 0 Å². The predicted molar refractivity (Wildman–Crippen MR) is 256 cm³/mol. The molecule has 3 heteroatoms. The molecule has 0 fully saturated rings. The third-order valence-electron chi connectivity index (χ3n) is 13.1. The van der Waals surface area contributed by atoms with Gasteiger partial charge in [0.25, 0.3) is 0 Å². The van der Waals surface area contributed by atoms with Crippen LogP contribution >= 0.6 is 0 Å². The highest BCUT2D eigenvalue weighted by molar-refractivity contribution is 6.14. The normalized spacial score (nSPS) is 13.4. The van der Waals surface area contributed by atoms with Gasteiger partial charge >= 0.3 is 0 Å². The molecule has 0 spiro atoms. The summed E-state index contributed by atoms with van der Waals surface area (Å²) in [7, 11) is 0. The first-order chi connectivity index (χ1) is 27.4. The number of hydrogen-bond acceptors (Lipinski definition) is 1. The van der Waals surface area contributed by atoms with Crippen LogP contribution in [0.1, 0.15) is 128 Å². The molecular formula is C56H62N2O. The van der Waals surface area contributed by atoms with Crippen molar-refractivity contribution in [2.75, 3.05) is 0 Å². The highest BCUT2D eigenvalue weighted by atomic mass is 16.3. The van der Waals surface area contributed by atoms with Crippen molar-refractivity contribution < 1.29 is 4.42 Å². The number of benzene rings is 6. The molecule has 9 rings (SSSR count). The topological polar surface area (TPSA) is 23.0 Å². The highest BCUT2D eigenvalue weighted by Gasteiger charge is 2.26. The summed E-state index contributed by atoms with van der Waals surface area (Å²) >= 11 is 0. The van der Waals surface area contributed by atoms with E-state index < -0.39 is 0 Å². The van der Waals surface area contributed by atoms with E-state index in [1.54, 1.807) is 0 Å². The van der Waals surface area contributed by atoms with Crippen LogP contribution in [0.25, 0.3) is 76.9 Å². The molecule has 0 N–H and O–H groups in total. The maximum absolute atomic E-state index is 6.64. The van der Waals surface area contributed by atoms with Gasteiger partial charge in [0.1, 0.15) is 11.2 Å². The van der Waals surface area contributed by atoms with Crippen molar-refractivity contribution in [3.63, 3.8) is 0 Å². The van der Waals surface area contributed by atoms with E-state index in [1.807, 2.05) is 0 Å². The zero-order valence-electron chi connectivity index (χ0n) is 38.4. The predicted octanol–water partition coefficient (Wildman–Crippen LogP) is 16.2. The van der Waals surface area contributed by atoms with E-state index in [1.165, 1.54) is 88.1 Å². The van der Waals surface area contributed by atoms with Gasteiger partial charge in [-0.15, -0.1) is 0 Å². The smallest absolute Gasteiger partial charge is 0.135 e. The molecule has 6 aromatic carbocycles. The Kier molecular flexibility index (Phi) is 8.38. The number of aromatic nitrogens is 2. The van der Waals surface area contributed by atoms with Gasteiger partial charge in [-0.3, -0.25) is 0 Å². The fraction of sp³-hybridized carbons (Fsp3) is 0.357. The summed E-state index contributed by atoms with van der Waals surface area (Å²) in [4.78, 5) is 0. The van der Waals surface area contributed by atoms with E-state index in [4.69, 9.17) is 4.42 Å². The van der Waals surface area contributed by atoms with E-state index in [-0.39, 0.29) is 21.7 Å². The van der Waals surface area contributed by atoms with Crippen LogP contribution in [0, 0.1) is 27.7 Å². The van der Waals surface area contributed by atoms with Gasteiger partial charge in [0.15, 0.2) is 0 Å². The van der Waals surface area contributed by atoms with Crippen LogP contribution in [0.2, 0.25) is 0 Å². The molecule has 0 atom stereocenters. The summed E-state index contributed by atoms with van der Waals surface area (Å²) < 4.78 is 11.7. The fourth-order valence-electron chi connectivity index (χ4n) is 9.63. The number of nitrogens with zero attached hydrogens (tertiary/aromatic N) is 2. The second kappa shape index (κ2) is 12.6. The summed E-state index contributed by atoms with van der Waals surface area (Å²) in [5.41, 5.74) is 20.0. The van der Waals surface area contributed by atoms with Gasteiger partial charge in [-0.2, -0.15) is 0 Å². The fourth-order valence-corrected chi connectivity index (χ4v) is 9.63. The van der Waals surface area contributed by atoms with Gasteiger partial charge < -0.3 is 13.6 Å². The van der Waals surface area contributed by atoms with E-state index in [2.05, 4.69) is 205 Å². The zero-order chi connectivity index (χ0) is 42.5. The number of fused-ring (bicyclic) bond motifs is 9. The minimum atomic E-state index is 0.0353. The monoisotopic (exact) mass is 778 g/mol. The lowest BCUT2D eigenvalue weighted by Crippen LogP contribution is -2.11. The van der Waals surface area contributed by atoms with Crippen molar-refractivity contribution in [3.05, 3.63) is 129 Å². The number of furan rings is 1. The molecule has 3 heterocycles. The molecule has 0 saturated carbocycles. The molecule has 0 saturated heterocycles. The largest absolute Gasteiger partial charge is 0.456 e. The maximum Gasteiger partial charge on any atom is 0.135 e. The van der Waals surface area contributed by atoms with Crippen LogP contribution in [-0.2, 0) is 21.7 Å². The number of hydrogen-bond donors (Lipinski definition) is 0. The zero-order valence-corrected chi connectivity index (χ0v) is 38.4. The van der Waals surface area contributed by atoms with E-state index >= 15 is 0 Å². The first-order valence-electron chi connectivity index (χ1n) is 21.6. The first kappa shape index (κ1) is 39.2. The van der Waals surface area contributed by atoms with Gasteiger partial charge in [0.2, 0.25) is 0 Å². The molecule has 302 valence electrons. The third kappa shape index (κ3) is 6.13. The van der Waals surface area contributed by atoms with Gasteiger partial charge in [0.05, 0.1) is 22.1 Å². The molecule has 0 aliphatic rings. The average molecular weight is 779 g/mol. The molecular weight excluding hydrogens is 717 g/mol. The summed E-state index contributed by atoms with van der Waals surface area (Å²) in [5.74, 6) is 0. The van der Waals surface area contributed by atoms with Crippen molar-refractivity contribution >= 4 is 65.6 Å². The van der Waals surface area contributed by atoms with E-state index in [9.17, 15) is 0 Å². The lowest BCUT2D eigenvalue weighted by Gasteiger charge is -2.21. The number of aryl methyl sites for hydroxylation is 4. The Bertz CT molecular complexity index is 2850. The molecule has 3 nitrogen and oxygen atoms in total.